The summed E-state index contributed by atoms with van der Waals surface area (Å²) in [5, 5.41) is 11.2. The van der Waals surface area contributed by atoms with Crippen LogP contribution in [0, 0.1) is 17.0 Å². The number of hydrogen-bond acceptors (Lipinski definition) is 4. The van der Waals surface area contributed by atoms with Crippen LogP contribution in [0.1, 0.15) is 24.5 Å². The number of anilines is 1. The third-order valence-corrected chi connectivity index (χ3v) is 3.91. The van der Waals surface area contributed by atoms with Crippen LogP contribution in [0.3, 0.4) is 0 Å². The fourth-order valence-electron chi connectivity index (χ4n) is 2.53. The molecule has 0 aliphatic rings. The van der Waals surface area contributed by atoms with E-state index in [0.717, 1.165) is 12.8 Å². The quantitative estimate of drug-likeness (QED) is 0.602. The Kier molecular flexibility index (Phi) is 5.09. The summed E-state index contributed by atoms with van der Waals surface area (Å²) in [7, 11) is 1.87. The highest BCUT2D eigenvalue weighted by Crippen LogP contribution is 2.27. The number of benzene rings is 1. The van der Waals surface area contributed by atoms with E-state index < -0.39 is 0 Å². The van der Waals surface area contributed by atoms with Crippen LogP contribution in [0.2, 0.25) is 0 Å². The van der Waals surface area contributed by atoms with Gasteiger partial charge in [-0.1, -0.05) is 36.8 Å². The van der Waals surface area contributed by atoms with Gasteiger partial charge in [0.15, 0.2) is 0 Å². The maximum Gasteiger partial charge on any atom is 0.311 e. The molecule has 0 spiro atoms. The zero-order valence-electron chi connectivity index (χ0n) is 13.2. The monoisotopic (exact) mass is 299 g/mol. The van der Waals surface area contributed by atoms with Crippen LogP contribution in [0.25, 0.3) is 0 Å². The summed E-state index contributed by atoms with van der Waals surface area (Å²) in [5.74, 6) is 0.423. The normalized spacial score (nSPS) is 12.0. The van der Waals surface area contributed by atoms with Gasteiger partial charge in [0, 0.05) is 25.4 Å². The van der Waals surface area contributed by atoms with Gasteiger partial charge in [-0.15, -0.1) is 0 Å². The molecule has 5 heteroatoms. The molecule has 0 bridgehead atoms. The van der Waals surface area contributed by atoms with Crippen LogP contribution >= 0.6 is 0 Å². The first-order valence-corrected chi connectivity index (χ1v) is 7.40. The number of rotatable bonds is 6. The third kappa shape index (κ3) is 3.61. The molecule has 116 valence electrons. The van der Waals surface area contributed by atoms with Crippen LogP contribution in [0.15, 0.2) is 42.6 Å². The van der Waals surface area contributed by atoms with Gasteiger partial charge in [-0.2, -0.15) is 0 Å². The highest BCUT2D eigenvalue weighted by molar-refractivity contribution is 5.57. The maximum absolute atomic E-state index is 11.2. The first-order chi connectivity index (χ1) is 10.5. The molecule has 1 aromatic heterocycles. The Bertz CT molecular complexity index is 641. The zero-order valence-corrected chi connectivity index (χ0v) is 13.2. The third-order valence-electron chi connectivity index (χ3n) is 3.91. The Balaban J connectivity index is 2.23. The molecule has 2 aromatic rings. The fourth-order valence-corrected chi connectivity index (χ4v) is 2.53. The number of hydrogen-bond donors (Lipinski definition) is 0. The van der Waals surface area contributed by atoms with Gasteiger partial charge in [0.2, 0.25) is 5.82 Å². The second-order valence-corrected chi connectivity index (χ2v) is 5.47. The number of nitro groups is 1. The minimum Gasteiger partial charge on any atom is -0.351 e. The highest BCUT2D eigenvalue weighted by Gasteiger charge is 2.23. The molecule has 0 N–H and O–H groups in total. The van der Waals surface area contributed by atoms with Crippen LogP contribution in [0.4, 0.5) is 11.5 Å². The predicted octanol–water partition coefficient (Wildman–Crippen LogP) is 3.76. The Labute approximate surface area is 130 Å². The van der Waals surface area contributed by atoms with Gasteiger partial charge in [-0.25, -0.2) is 4.98 Å². The molecule has 0 fully saturated rings. The summed E-state index contributed by atoms with van der Waals surface area (Å²) in [5.41, 5.74) is 2.50. The fraction of sp³-hybridized carbons (Fsp3) is 0.353. The Morgan fingerprint density at radius 3 is 2.55 bits per heavy atom. The van der Waals surface area contributed by atoms with Crippen molar-refractivity contribution in [1.29, 1.82) is 0 Å². The Morgan fingerprint density at radius 1 is 1.27 bits per heavy atom. The minimum absolute atomic E-state index is 0.0485. The molecule has 0 saturated heterocycles. The van der Waals surface area contributed by atoms with Gasteiger partial charge in [0.05, 0.1) is 4.92 Å². The number of aromatic nitrogens is 1. The number of nitrogens with zero attached hydrogens (tertiary/aromatic N) is 3. The smallest absolute Gasteiger partial charge is 0.311 e. The van der Waals surface area contributed by atoms with Crippen molar-refractivity contribution >= 4 is 11.5 Å². The van der Waals surface area contributed by atoms with Gasteiger partial charge < -0.3 is 4.90 Å². The molecule has 0 amide bonds. The second kappa shape index (κ2) is 7.02. The van der Waals surface area contributed by atoms with Gasteiger partial charge in [0.1, 0.15) is 0 Å². The van der Waals surface area contributed by atoms with Crippen LogP contribution in [0.5, 0.6) is 0 Å². The summed E-state index contributed by atoms with van der Waals surface area (Å²) in [6.45, 7) is 4.15. The van der Waals surface area contributed by atoms with Gasteiger partial charge in [-0.3, -0.25) is 10.1 Å². The SMILES string of the molecule is CC[C@@H](Cc1ccc(C)cc1)N(C)c1ncccc1[N+](=O)[O-]. The van der Waals surface area contributed by atoms with E-state index >= 15 is 0 Å². The average Bonchev–Trinajstić information content (AvgIpc) is 2.53. The first kappa shape index (κ1) is 15.9. The van der Waals surface area contributed by atoms with E-state index in [0.29, 0.717) is 5.82 Å². The molecule has 1 atom stereocenters. The Hall–Kier alpha value is -2.43. The average molecular weight is 299 g/mol. The molecule has 2 rings (SSSR count). The summed E-state index contributed by atoms with van der Waals surface area (Å²) in [6, 6.07) is 11.7. The van der Waals surface area contributed by atoms with E-state index in [1.54, 1.807) is 12.3 Å². The van der Waals surface area contributed by atoms with E-state index in [9.17, 15) is 10.1 Å². The van der Waals surface area contributed by atoms with Crippen LogP contribution in [-0.2, 0) is 6.42 Å². The summed E-state index contributed by atoms with van der Waals surface area (Å²) < 4.78 is 0. The van der Waals surface area contributed by atoms with Gasteiger partial charge in [0.25, 0.3) is 0 Å². The topological polar surface area (TPSA) is 59.3 Å². The van der Waals surface area contributed by atoms with E-state index in [1.807, 2.05) is 11.9 Å². The summed E-state index contributed by atoms with van der Waals surface area (Å²) in [4.78, 5) is 16.9. The molecule has 0 radical (unpaired) electrons. The van der Waals surface area contributed by atoms with Crippen molar-refractivity contribution in [2.24, 2.45) is 0 Å². The van der Waals surface area contributed by atoms with Crippen molar-refractivity contribution in [2.45, 2.75) is 32.7 Å². The van der Waals surface area contributed by atoms with Crippen molar-refractivity contribution in [1.82, 2.24) is 4.98 Å². The van der Waals surface area contributed by atoms with E-state index in [-0.39, 0.29) is 16.7 Å². The van der Waals surface area contributed by atoms with Crippen molar-refractivity contribution in [2.75, 3.05) is 11.9 Å². The molecular weight excluding hydrogens is 278 g/mol. The minimum atomic E-state index is -0.378. The van der Waals surface area contributed by atoms with Crippen molar-refractivity contribution in [3.05, 3.63) is 63.8 Å². The highest BCUT2D eigenvalue weighted by atomic mass is 16.6. The number of pyridine rings is 1. The molecule has 0 aliphatic carbocycles. The molecule has 5 nitrogen and oxygen atoms in total. The van der Waals surface area contributed by atoms with Gasteiger partial charge in [-0.05, 0) is 31.4 Å². The van der Waals surface area contributed by atoms with E-state index in [1.165, 1.54) is 17.2 Å². The largest absolute Gasteiger partial charge is 0.351 e. The summed E-state index contributed by atoms with van der Waals surface area (Å²) in [6.07, 6.45) is 3.32. The van der Waals surface area contributed by atoms with E-state index in [4.69, 9.17) is 0 Å². The molecular formula is C17H21N3O2. The zero-order chi connectivity index (χ0) is 16.1. The predicted molar refractivity (Wildman–Crippen MR) is 88.3 cm³/mol. The molecule has 1 aromatic carbocycles. The second-order valence-electron chi connectivity index (χ2n) is 5.47. The lowest BCUT2D eigenvalue weighted by Gasteiger charge is -2.28. The van der Waals surface area contributed by atoms with E-state index in [2.05, 4.69) is 43.1 Å². The first-order valence-electron chi connectivity index (χ1n) is 7.40. The lowest BCUT2D eigenvalue weighted by atomic mass is 10.0. The van der Waals surface area contributed by atoms with Crippen molar-refractivity contribution in [3.63, 3.8) is 0 Å². The molecule has 0 aliphatic heterocycles. The maximum atomic E-state index is 11.2. The lowest BCUT2D eigenvalue weighted by Crippen LogP contribution is -2.34. The van der Waals surface area contributed by atoms with Crippen LogP contribution in [-0.4, -0.2) is 23.0 Å². The molecule has 0 saturated carbocycles. The van der Waals surface area contributed by atoms with Crippen molar-refractivity contribution < 1.29 is 4.92 Å². The standard InChI is InChI=1S/C17H21N3O2/c1-4-15(12-14-9-7-13(2)8-10-14)19(3)17-16(20(21)22)6-5-11-18-17/h5-11,15H,4,12H2,1-3H3/t15-/m0/s1. The Morgan fingerprint density at radius 2 is 1.95 bits per heavy atom. The molecule has 0 unspecified atom stereocenters. The van der Waals surface area contributed by atoms with Gasteiger partial charge >= 0.3 is 5.69 Å². The molecule has 22 heavy (non-hydrogen) atoms. The van der Waals surface area contributed by atoms with Crippen molar-refractivity contribution in [3.8, 4) is 0 Å². The lowest BCUT2D eigenvalue weighted by molar-refractivity contribution is -0.384. The summed E-state index contributed by atoms with van der Waals surface area (Å²) >= 11 is 0. The number of likely N-dealkylation sites (N-methyl/N-ethyl adjacent to an activating group) is 1. The van der Waals surface area contributed by atoms with Crippen LogP contribution < -0.4 is 4.90 Å². The molecule has 1 heterocycles. The number of aryl methyl sites for hydroxylation is 1.